The minimum Gasteiger partial charge on any atom is -0.497 e. The highest BCUT2D eigenvalue weighted by Gasteiger charge is 2.17. The van der Waals surface area contributed by atoms with Crippen molar-refractivity contribution in [2.75, 3.05) is 20.3 Å². The highest BCUT2D eigenvalue weighted by atomic mass is 16.6. The predicted octanol–water partition coefficient (Wildman–Crippen LogP) is 2.82. The Kier molecular flexibility index (Phi) is 5.48. The van der Waals surface area contributed by atoms with Crippen LogP contribution in [0.2, 0.25) is 0 Å². The summed E-state index contributed by atoms with van der Waals surface area (Å²) >= 11 is 0. The second-order valence-corrected chi connectivity index (χ2v) is 5.42. The van der Waals surface area contributed by atoms with Gasteiger partial charge >= 0.3 is 5.97 Å². The Bertz CT molecular complexity index is 860. The molecule has 1 aromatic heterocycles. The molecule has 7 heteroatoms. The average Bonchev–Trinajstić information content (AvgIpc) is 3.08. The van der Waals surface area contributed by atoms with Gasteiger partial charge in [0.1, 0.15) is 24.7 Å². The molecular weight excluding hydrogens is 334 g/mol. The minimum atomic E-state index is -0.525. The highest BCUT2D eigenvalue weighted by Crippen LogP contribution is 2.17. The Hall–Kier alpha value is -3.35. The molecule has 0 aliphatic rings. The molecule has 7 nitrogen and oxygen atoms in total. The van der Waals surface area contributed by atoms with Crippen molar-refractivity contribution in [1.29, 1.82) is 0 Å². The van der Waals surface area contributed by atoms with Gasteiger partial charge in [0.25, 0.3) is 0 Å². The fourth-order valence-electron chi connectivity index (χ4n) is 2.28. The summed E-state index contributed by atoms with van der Waals surface area (Å²) in [7, 11) is 1.60. The normalized spacial score (nSPS) is 10.4. The van der Waals surface area contributed by atoms with Crippen molar-refractivity contribution >= 4 is 5.97 Å². The molecule has 0 atom stereocenters. The zero-order valence-electron chi connectivity index (χ0n) is 14.6. The zero-order valence-corrected chi connectivity index (χ0v) is 14.6. The maximum Gasteiger partial charge on any atom is 0.360 e. The number of hydrogen-bond acceptors (Lipinski definition) is 6. The summed E-state index contributed by atoms with van der Waals surface area (Å²) in [6, 6.07) is 16.5. The maximum absolute atomic E-state index is 12.2. The van der Waals surface area contributed by atoms with Gasteiger partial charge in [-0.3, -0.25) is 0 Å². The van der Waals surface area contributed by atoms with E-state index >= 15 is 0 Å². The molecule has 2 aromatic carbocycles. The van der Waals surface area contributed by atoms with E-state index in [-0.39, 0.29) is 18.9 Å². The van der Waals surface area contributed by atoms with Crippen molar-refractivity contribution in [3.63, 3.8) is 0 Å². The van der Waals surface area contributed by atoms with Gasteiger partial charge in [0, 0.05) is 0 Å². The van der Waals surface area contributed by atoms with Crippen LogP contribution in [0.15, 0.2) is 54.6 Å². The Morgan fingerprint density at radius 2 is 1.65 bits per heavy atom. The van der Waals surface area contributed by atoms with Crippen LogP contribution in [0, 0.1) is 6.92 Å². The van der Waals surface area contributed by atoms with Gasteiger partial charge < -0.3 is 14.2 Å². The lowest BCUT2D eigenvalue weighted by Gasteiger charge is -2.07. The van der Waals surface area contributed by atoms with E-state index in [1.807, 2.05) is 30.3 Å². The van der Waals surface area contributed by atoms with Crippen molar-refractivity contribution in [1.82, 2.24) is 15.0 Å². The average molecular weight is 353 g/mol. The molecule has 0 unspecified atom stereocenters. The monoisotopic (exact) mass is 353 g/mol. The van der Waals surface area contributed by atoms with Gasteiger partial charge in [-0.25, -0.2) is 4.79 Å². The summed E-state index contributed by atoms with van der Waals surface area (Å²) in [5, 5.41) is 8.47. The second-order valence-electron chi connectivity index (χ2n) is 5.42. The number of nitrogens with zero attached hydrogens (tertiary/aromatic N) is 3. The van der Waals surface area contributed by atoms with E-state index < -0.39 is 5.97 Å². The van der Waals surface area contributed by atoms with Crippen LogP contribution in [0.5, 0.6) is 11.5 Å². The Morgan fingerprint density at radius 1 is 0.962 bits per heavy atom. The summed E-state index contributed by atoms with van der Waals surface area (Å²) in [4.78, 5) is 13.6. The van der Waals surface area contributed by atoms with E-state index in [0.717, 1.165) is 11.4 Å². The quantitative estimate of drug-likeness (QED) is 0.480. The van der Waals surface area contributed by atoms with E-state index in [9.17, 15) is 4.79 Å². The molecule has 3 rings (SSSR count). The third-order valence-electron chi connectivity index (χ3n) is 3.61. The molecule has 0 radical (unpaired) electrons. The van der Waals surface area contributed by atoms with Crippen LogP contribution in [0.25, 0.3) is 5.69 Å². The smallest absolute Gasteiger partial charge is 0.360 e. The van der Waals surface area contributed by atoms with Crippen molar-refractivity contribution in [2.45, 2.75) is 6.92 Å². The highest BCUT2D eigenvalue weighted by molar-refractivity contribution is 5.88. The van der Waals surface area contributed by atoms with Gasteiger partial charge in [-0.05, 0) is 43.3 Å². The third-order valence-corrected chi connectivity index (χ3v) is 3.61. The van der Waals surface area contributed by atoms with Gasteiger partial charge in [0.15, 0.2) is 5.69 Å². The first-order chi connectivity index (χ1) is 12.7. The number of esters is 1. The molecule has 0 saturated carbocycles. The molecule has 26 heavy (non-hydrogen) atoms. The molecule has 0 aliphatic heterocycles. The van der Waals surface area contributed by atoms with Crippen LogP contribution in [-0.2, 0) is 4.74 Å². The van der Waals surface area contributed by atoms with E-state index in [2.05, 4.69) is 10.2 Å². The topological polar surface area (TPSA) is 75.5 Å². The first-order valence-electron chi connectivity index (χ1n) is 8.10. The van der Waals surface area contributed by atoms with Gasteiger partial charge in [-0.2, -0.15) is 9.90 Å². The molecule has 0 bridgehead atoms. The number of aromatic nitrogens is 3. The molecule has 0 amide bonds. The summed E-state index contributed by atoms with van der Waals surface area (Å²) in [6.07, 6.45) is 0. The first-order valence-corrected chi connectivity index (χ1v) is 8.10. The summed E-state index contributed by atoms with van der Waals surface area (Å²) in [5.41, 5.74) is 1.48. The van der Waals surface area contributed by atoms with Gasteiger partial charge in [0.2, 0.25) is 0 Å². The van der Waals surface area contributed by atoms with Gasteiger partial charge in [0.05, 0.1) is 18.5 Å². The number of para-hydroxylation sites is 1. The molecular formula is C19H19N3O4. The minimum absolute atomic E-state index is 0.114. The number of hydrogen-bond donors (Lipinski definition) is 0. The van der Waals surface area contributed by atoms with Gasteiger partial charge in [-0.1, -0.05) is 18.2 Å². The fraction of sp³-hybridized carbons (Fsp3) is 0.211. The summed E-state index contributed by atoms with van der Waals surface area (Å²) < 4.78 is 15.8. The Labute approximate surface area is 151 Å². The fourth-order valence-corrected chi connectivity index (χ4v) is 2.28. The molecule has 0 fully saturated rings. The standard InChI is InChI=1S/C19H19N3O4/c1-14-18(21-22(20-14)15-6-4-3-5-7-15)19(23)26-13-12-25-17-10-8-16(24-2)9-11-17/h3-11H,12-13H2,1-2H3. The van der Waals surface area contributed by atoms with E-state index in [1.54, 1.807) is 38.3 Å². The molecule has 0 N–H and O–H groups in total. The van der Waals surface area contributed by atoms with E-state index in [1.165, 1.54) is 4.80 Å². The molecule has 134 valence electrons. The number of aryl methyl sites for hydroxylation is 1. The largest absolute Gasteiger partial charge is 0.497 e. The van der Waals surface area contributed by atoms with Gasteiger partial charge in [-0.15, -0.1) is 5.10 Å². The van der Waals surface area contributed by atoms with Crippen LogP contribution in [0.1, 0.15) is 16.2 Å². The number of benzene rings is 2. The van der Waals surface area contributed by atoms with Crippen molar-refractivity contribution in [3.05, 3.63) is 66.0 Å². The number of carbonyl (C=O) groups excluding carboxylic acids is 1. The van der Waals surface area contributed by atoms with E-state index in [4.69, 9.17) is 14.2 Å². The number of carbonyl (C=O) groups is 1. The number of ether oxygens (including phenoxy) is 3. The van der Waals surface area contributed by atoms with Crippen LogP contribution in [0.4, 0.5) is 0 Å². The Morgan fingerprint density at radius 3 is 2.35 bits per heavy atom. The molecule has 0 saturated heterocycles. The van der Waals surface area contributed by atoms with Crippen molar-refractivity contribution < 1.29 is 19.0 Å². The molecule has 3 aromatic rings. The lowest BCUT2D eigenvalue weighted by atomic mass is 10.3. The van der Waals surface area contributed by atoms with Crippen LogP contribution < -0.4 is 9.47 Å². The first kappa shape index (κ1) is 17.5. The molecule has 0 aliphatic carbocycles. The lowest BCUT2D eigenvalue weighted by molar-refractivity contribution is 0.0442. The predicted molar refractivity (Wildman–Crippen MR) is 94.9 cm³/mol. The SMILES string of the molecule is COc1ccc(OCCOC(=O)c2nn(-c3ccccc3)nc2C)cc1. The van der Waals surface area contributed by atoms with Crippen LogP contribution >= 0.6 is 0 Å². The maximum atomic E-state index is 12.2. The van der Waals surface area contributed by atoms with Crippen LogP contribution in [0.3, 0.4) is 0 Å². The van der Waals surface area contributed by atoms with Crippen molar-refractivity contribution in [3.8, 4) is 17.2 Å². The summed E-state index contributed by atoms with van der Waals surface area (Å²) in [6.45, 7) is 2.07. The van der Waals surface area contributed by atoms with Crippen LogP contribution in [-0.4, -0.2) is 41.3 Å². The van der Waals surface area contributed by atoms with Crippen molar-refractivity contribution in [2.24, 2.45) is 0 Å². The third kappa shape index (κ3) is 4.18. The number of methoxy groups -OCH3 is 1. The zero-order chi connectivity index (χ0) is 18.4. The lowest BCUT2D eigenvalue weighted by Crippen LogP contribution is -2.14. The molecule has 1 heterocycles. The second kappa shape index (κ2) is 8.15. The summed E-state index contributed by atoms with van der Waals surface area (Å²) in [5.74, 6) is 0.900. The Balaban J connectivity index is 1.52. The molecule has 0 spiro atoms. The van der Waals surface area contributed by atoms with E-state index in [0.29, 0.717) is 11.4 Å². The number of rotatable bonds is 7.